The number of benzene rings is 2. The average Bonchev–Trinajstić information content (AvgIpc) is 3.23. The molecule has 0 aliphatic rings. The van der Waals surface area contributed by atoms with Gasteiger partial charge >= 0.3 is 0 Å². The molecular weight excluding hydrogens is 394 g/mol. The number of aromatic nitrogens is 4. The summed E-state index contributed by atoms with van der Waals surface area (Å²) in [6.07, 6.45) is 2.12. The molecule has 2 heterocycles. The van der Waals surface area contributed by atoms with Crippen molar-refractivity contribution in [2.24, 2.45) is 0 Å². The molecule has 0 aliphatic carbocycles. The average molecular weight is 417 g/mol. The summed E-state index contributed by atoms with van der Waals surface area (Å²) in [6.45, 7) is 2.89. The molecule has 0 spiro atoms. The first-order chi connectivity index (χ1) is 15.1. The largest absolute Gasteiger partial charge is 0.494 e. The minimum absolute atomic E-state index is 0.148. The molecule has 0 saturated heterocycles. The normalized spacial score (nSPS) is 10.9. The number of nitrogens with zero attached hydrogens (tertiary/aromatic N) is 4. The van der Waals surface area contributed by atoms with Gasteiger partial charge in [-0.25, -0.2) is 9.20 Å². The summed E-state index contributed by atoms with van der Waals surface area (Å²) in [5.74, 6) is 0.555. The van der Waals surface area contributed by atoms with Crippen LogP contribution in [0.4, 0.5) is 0 Å². The summed E-state index contributed by atoms with van der Waals surface area (Å²) in [5, 5.41) is 11.3. The molecule has 2 aromatic carbocycles. The van der Waals surface area contributed by atoms with Gasteiger partial charge in [0.1, 0.15) is 24.1 Å². The zero-order chi connectivity index (χ0) is 21.6. The number of hydrogen-bond donors (Lipinski definition) is 1. The summed E-state index contributed by atoms with van der Waals surface area (Å²) in [7, 11) is 0. The lowest BCUT2D eigenvalue weighted by Gasteiger charge is -2.08. The van der Waals surface area contributed by atoms with Gasteiger partial charge in [-0.2, -0.15) is 10.2 Å². The maximum atomic E-state index is 12.7. The fourth-order valence-electron chi connectivity index (χ4n) is 3.26. The Balaban J connectivity index is 1.38. The van der Waals surface area contributed by atoms with Crippen LogP contribution < -0.4 is 15.6 Å². The van der Waals surface area contributed by atoms with Crippen LogP contribution in [0.2, 0.25) is 0 Å². The van der Waals surface area contributed by atoms with Crippen molar-refractivity contribution in [1.29, 1.82) is 0 Å². The zero-order valence-corrected chi connectivity index (χ0v) is 17.2. The Morgan fingerprint density at radius 1 is 1.10 bits per heavy atom. The molecule has 1 N–H and O–H groups in total. The Hall–Kier alpha value is -3.94. The third kappa shape index (κ3) is 4.80. The van der Waals surface area contributed by atoms with Crippen LogP contribution in [-0.4, -0.2) is 38.5 Å². The molecule has 0 radical (unpaired) electrons. The van der Waals surface area contributed by atoms with Gasteiger partial charge in [0, 0.05) is 12.1 Å². The molecule has 2 aromatic heterocycles. The van der Waals surface area contributed by atoms with Gasteiger partial charge in [-0.15, -0.1) is 0 Å². The predicted octanol–water partition coefficient (Wildman–Crippen LogP) is 2.32. The van der Waals surface area contributed by atoms with Crippen molar-refractivity contribution in [3.8, 4) is 17.0 Å². The minimum atomic E-state index is -0.362. The number of hydrogen-bond acceptors (Lipinski definition) is 5. The Labute approximate surface area is 179 Å². The van der Waals surface area contributed by atoms with E-state index in [4.69, 9.17) is 4.74 Å². The quantitative estimate of drug-likeness (QED) is 0.475. The molecule has 31 heavy (non-hydrogen) atoms. The summed E-state index contributed by atoms with van der Waals surface area (Å²) in [6, 6.07) is 19.1. The highest BCUT2D eigenvalue weighted by Crippen LogP contribution is 2.17. The van der Waals surface area contributed by atoms with E-state index in [0.717, 1.165) is 21.6 Å². The van der Waals surface area contributed by atoms with E-state index in [0.29, 0.717) is 30.8 Å². The van der Waals surface area contributed by atoms with E-state index in [-0.39, 0.29) is 18.0 Å². The number of carbonyl (C=O) groups is 1. The van der Waals surface area contributed by atoms with Crippen molar-refractivity contribution in [2.45, 2.75) is 19.9 Å². The first-order valence-electron chi connectivity index (χ1n) is 10.1. The van der Waals surface area contributed by atoms with Gasteiger partial charge in [-0.05, 0) is 37.1 Å². The number of ether oxygens (including phenoxy) is 1. The molecule has 0 atom stereocenters. The van der Waals surface area contributed by atoms with E-state index in [1.54, 1.807) is 6.07 Å². The Bertz CT molecular complexity index is 1230. The lowest BCUT2D eigenvalue weighted by atomic mass is 10.1. The van der Waals surface area contributed by atoms with Crippen LogP contribution in [0.3, 0.4) is 0 Å². The van der Waals surface area contributed by atoms with E-state index in [2.05, 4.69) is 15.5 Å². The molecule has 0 fully saturated rings. The topological polar surface area (TPSA) is 90.5 Å². The highest BCUT2D eigenvalue weighted by atomic mass is 16.5. The molecule has 0 aliphatic heterocycles. The first-order valence-corrected chi connectivity index (χ1v) is 10.1. The molecule has 4 aromatic rings. The van der Waals surface area contributed by atoms with Gasteiger partial charge in [-0.3, -0.25) is 9.59 Å². The highest BCUT2D eigenvalue weighted by Gasteiger charge is 2.12. The van der Waals surface area contributed by atoms with Crippen LogP contribution in [0.25, 0.3) is 16.8 Å². The van der Waals surface area contributed by atoms with Gasteiger partial charge < -0.3 is 10.1 Å². The maximum absolute atomic E-state index is 12.7. The Morgan fingerprint density at radius 3 is 2.61 bits per heavy atom. The van der Waals surface area contributed by atoms with Crippen LogP contribution in [0.5, 0.6) is 5.75 Å². The van der Waals surface area contributed by atoms with Crippen LogP contribution in [0, 0.1) is 0 Å². The summed E-state index contributed by atoms with van der Waals surface area (Å²) >= 11 is 0. The minimum Gasteiger partial charge on any atom is -0.494 e. The summed E-state index contributed by atoms with van der Waals surface area (Å²) in [4.78, 5) is 25.0. The standard InChI is InChI=1S/C23H23N5O3/c1-2-31-19-10-8-17(9-11-19)12-13-24-22(29)15-27-23(30)21-14-20(26-28(21)16-25-27)18-6-4-3-5-7-18/h3-11,14,16H,2,12-13,15H2,1H3,(H,24,29). The first kappa shape index (κ1) is 20.3. The van der Waals surface area contributed by atoms with Crippen LogP contribution >= 0.6 is 0 Å². The number of fused-ring (bicyclic) bond motifs is 1. The fraction of sp³-hybridized carbons (Fsp3) is 0.217. The molecule has 8 nitrogen and oxygen atoms in total. The van der Waals surface area contributed by atoms with E-state index in [1.807, 2.05) is 61.5 Å². The second kappa shape index (κ2) is 9.25. The molecular formula is C23H23N5O3. The number of rotatable bonds is 8. The molecule has 158 valence electrons. The third-order valence-electron chi connectivity index (χ3n) is 4.82. The Morgan fingerprint density at radius 2 is 1.87 bits per heavy atom. The molecule has 4 rings (SSSR count). The predicted molar refractivity (Wildman–Crippen MR) is 117 cm³/mol. The van der Waals surface area contributed by atoms with Crippen molar-refractivity contribution in [1.82, 2.24) is 24.7 Å². The van der Waals surface area contributed by atoms with Crippen molar-refractivity contribution in [3.05, 3.63) is 82.9 Å². The van der Waals surface area contributed by atoms with Crippen LogP contribution in [0.15, 0.2) is 71.8 Å². The van der Waals surface area contributed by atoms with E-state index >= 15 is 0 Å². The highest BCUT2D eigenvalue weighted by molar-refractivity contribution is 5.75. The molecule has 0 saturated carbocycles. The molecule has 0 bridgehead atoms. The van der Waals surface area contributed by atoms with E-state index in [1.165, 1.54) is 10.8 Å². The van der Waals surface area contributed by atoms with Crippen LogP contribution in [0.1, 0.15) is 12.5 Å². The van der Waals surface area contributed by atoms with Crippen LogP contribution in [-0.2, 0) is 17.8 Å². The van der Waals surface area contributed by atoms with Gasteiger partial charge in [-0.1, -0.05) is 42.5 Å². The summed E-state index contributed by atoms with van der Waals surface area (Å²) < 4.78 is 8.01. The summed E-state index contributed by atoms with van der Waals surface area (Å²) in [5.41, 5.74) is 2.68. The third-order valence-corrected chi connectivity index (χ3v) is 4.82. The number of amides is 1. The van der Waals surface area contributed by atoms with Crippen molar-refractivity contribution < 1.29 is 9.53 Å². The zero-order valence-electron chi connectivity index (χ0n) is 17.2. The van der Waals surface area contributed by atoms with E-state index < -0.39 is 0 Å². The van der Waals surface area contributed by atoms with Crippen molar-refractivity contribution in [2.75, 3.05) is 13.2 Å². The molecule has 0 unspecified atom stereocenters. The maximum Gasteiger partial charge on any atom is 0.293 e. The SMILES string of the molecule is CCOc1ccc(CCNC(=O)Cn2ncn3nc(-c4ccccc4)cc3c2=O)cc1. The second-order valence-electron chi connectivity index (χ2n) is 7.00. The monoisotopic (exact) mass is 417 g/mol. The van der Waals surface area contributed by atoms with Crippen molar-refractivity contribution in [3.63, 3.8) is 0 Å². The van der Waals surface area contributed by atoms with Gasteiger partial charge in [0.25, 0.3) is 5.56 Å². The fourth-order valence-corrected chi connectivity index (χ4v) is 3.26. The smallest absolute Gasteiger partial charge is 0.293 e. The molecule has 8 heteroatoms. The number of carbonyl (C=O) groups excluding carboxylic acids is 1. The Kier molecular flexibility index (Phi) is 6.07. The van der Waals surface area contributed by atoms with E-state index in [9.17, 15) is 9.59 Å². The van der Waals surface area contributed by atoms with Gasteiger partial charge in [0.05, 0.1) is 12.3 Å². The second-order valence-corrected chi connectivity index (χ2v) is 7.00. The lowest BCUT2D eigenvalue weighted by Crippen LogP contribution is -2.35. The molecule has 1 amide bonds. The number of nitrogens with one attached hydrogen (secondary N) is 1. The lowest BCUT2D eigenvalue weighted by molar-refractivity contribution is -0.121. The van der Waals surface area contributed by atoms with Gasteiger partial charge in [0.2, 0.25) is 5.91 Å². The van der Waals surface area contributed by atoms with Crippen molar-refractivity contribution >= 4 is 11.4 Å². The van der Waals surface area contributed by atoms with Gasteiger partial charge in [0.15, 0.2) is 0 Å².